The minimum Gasteiger partial charge on any atom is -0.495 e. The predicted molar refractivity (Wildman–Crippen MR) is 133 cm³/mol. The van der Waals surface area contributed by atoms with Crippen LogP contribution in [-0.2, 0) is 14.8 Å². The lowest BCUT2D eigenvalue weighted by atomic mass is 9.95. The van der Waals surface area contributed by atoms with Crippen LogP contribution in [0.4, 0.5) is 17.1 Å². The van der Waals surface area contributed by atoms with E-state index in [0.717, 1.165) is 0 Å². The maximum absolute atomic E-state index is 12.9. The van der Waals surface area contributed by atoms with Crippen molar-refractivity contribution in [1.29, 1.82) is 0 Å². The van der Waals surface area contributed by atoms with Crippen LogP contribution < -0.4 is 20.1 Å². The second kappa shape index (κ2) is 9.96. The summed E-state index contributed by atoms with van der Waals surface area (Å²) in [6.07, 6.45) is 0. The molecule has 8 nitrogen and oxygen atoms in total. The molecular weight excluding hydrogens is 454 g/mol. The molecule has 3 N–H and O–H groups in total. The molecular formula is C25H27N3O5S. The molecule has 0 saturated carbocycles. The fourth-order valence-corrected chi connectivity index (χ4v) is 4.05. The zero-order valence-electron chi connectivity index (χ0n) is 19.4. The van der Waals surface area contributed by atoms with Crippen molar-refractivity contribution in [2.75, 3.05) is 22.5 Å². The Morgan fingerprint density at radius 3 is 2.15 bits per heavy atom. The van der Waals surface area contributed by atoms with Crippen molar-refractivity contribution in [1.82, 2.24) is 0 Å². The van der Waals surface area contributed by atoms with Crippen LogP contribution in [0.2, 0.25) is 0 Å². The Morgan fingerprint density at radius 2 is 1.47 bits per heavy atom. The number of rotatable bonds is 7. The summed E-state index contributed by atoms with van der Waals surface area (Å²) in [5.41, 5.74) is 0.824. The van der Waals surface area contributed by atoms with E-state index < -0.39 is 21.3 Å². The molecule has 0 aliphatic rings. The first-order valence-corrected chi connectivity index (χ1v) is 12.0. The molecule has 0 aromatic heterocycles. The van der Waals surface area contributed by atoms with E-state index in [9.17, 15) is 18.0 Å². The van der Waals surface area contributed by atoms with Crippen molar-refractivity contribution in [2.24, 2.45) is 5.41 Å². The zero-order chi connectivity index (χ0) is 24.9. The lowest BCUT2D eigenvalue weighted by molar-refractivity contribution is -0.123. The topological polar surface area (TPSA) is 114 Å². The number of carbonyl (C=O) groups excluding carboxylic acids is 2. The summed E-state index contributed by atoms with van der Waals surface area (Å²) in [5.74, 6) is -0.237. The molecule has 0 unspecified atom stereocenters. The summed E-state index contributed by atoms with van der Waals surface area (Å²) in [7, 11) is -2.48. The summed E-state index contributed by atoms with van der Waals surface area (Å²) < 4.78 is 33.5. The van der Waals surface area contributed by atoms with Crippen LogP contribution in [0, 0.1) is 5.41 Å². The number of para-hydroxylation sites is 2. The standard InChI is InChI=1S/C25H27N3O5S/c1-25(2,3)24(30)27-18-10-7-9-17(15-18)23(29)26-19-11-8-12-20(16-19)34(31,32)28-21-13-5-6-14-22(21)33-4/h5-16,28H,1-4H3,(H,26,29)(H,27,30). The molecule has 0 saturated heterocycles. The number of anilines is 3. The molecule has 0 fully saturated rings. The van der Waals surface area contributed by atoms with Crippen molar-refractivity contribution < 1.29 is 22.7 Å². The Bertz CT molecular complexity index is 1310. The van der Waals surface area contributed by atoms with Crippen LogP contribution in [0.5, 0.6) is 5.75 Å². The first-order valence-electron chi connectivity index (χ1n) is 10.5. The Balaban J connectivity index is 1.77. The zero-order valence-corrected chi connectivity index (χ0v) is 20.2. The van der Waals surface area contributed by atoms with E-state index in [1.807, 2.05) is 0 Å². The van der Waals surface area contributed by atoms with E-state index in [0.29, 0.717) is 28.4 Å². The van der Waals surface area contributed by atoms with Gasteiger partial charge in [0.25, 0.3) is 15.9 Å². The third-order valence-corrected chi connectivity index (χ3v) is 6.18. The molecule has 0 bridgehead atoms. The van der Waals surface area contributed by atoms with Gasteiger partial charge in [-0.3, -0.25) is 14.3 Å². The summed E-state index contributed by atoms with van der Waals surface area (Å²) in [5, 5.41) is 5.49. The fourth-order valence-electron chi connectivity index (χ4n) is 2.93. The molecule has 2 amide bonds. The van der Waals surface area contributed by atoms with Crippen molar-refractivity contribution in [2.45, 2.75) is 25.7 Å². The van der Waals surface area contributed by atoms with Crippen molar-refractivity contribution >= 4 is 38.9 Å². The third-order valence-electron chi connectivity index (χ3n) is 4.82. The van der Waals surface area contributed by atoms with Crippen molar-refractivity contribution in [3.05, 3.63) is 78.4 Å². The van der Waals surface area contributed by atoms with Crippen molar-refractivity contribution in [3.63, 3.8) is 0 Å². The number of benzene rings is 3. The molecule has 0 atom stereocenters. The smallest absolute Gasteiger partial charge is 0.262 e. The largest absolute Gasteiger partial charge is 0.495 e. The van der Waals surface area contributed by atoms with Crippen LogP contribution in [-0.4, -0.2) is 27.3 Å². The van der Waals surface area contributed by atoms with E-state index in [1.165, 1.54) is 25.3 Å². The van der Waals surface area contributed by atoms with Crippen LogP contribution in [0.3, 0.4) is 0 Å². The van der Waals surface area contributed by atoms with Gasteiger partial charge in [-0.15, -0.1) is 0 Å². The highest BCUT2D eigenvalue weighted by Crippen LogP contribution is 2.27. The molecule has 178 valence electrons. The van der Waals surface area contributed by atoms with Crippen LogP contribution in [0.1, 0.15) is 31.1 Å². The van der Waals surface area contributed by atoms with Gasteiger partial charge in [0, 0.05) is 22.4 Å². The van der Waals surface area contributed by atoms with Gasteiger partial charge in [-0.05, 0) is 48.5 Å². The molecule has 0 spiro atoms. The number of sulfonamides is 1. The van der Waals surface area contributed by atoms with Gasteiger partial charge in [-0.2, -0.15) is 0 Å². The van der Waals surface area contributed by atoms with E-state index in [1.54, 1.807) is 75.4 Å². The Morgan fingerprint density at radius 1 is 0.824 bits per heavy atom. The normalized spacial score (nSPS) is 11.4. The van der Waals surface area contributed by atoms with Gasteiger partial charge in [0.1, 0.15) is 5.75 Å². The Labute approximate surface area is 199 Å². The van der Waals surface area contributed by atoms with Gasteiger partial charge in [0.15, 0.2) is 0 Å². The second-order valence-electron chi connectivity index (χ2n) is 8.57. The monoisotopic (exact) mass is 481 g/mol. The maximum Gasteiger partial charge on any atom is 0.262 e. The predicted octanol–water partition coefficient (Wildman–Crippen LogP) is 4.73. The van der Waals surface area contributed by atoms with E-state index in [2.05, 4.69) is 15.4 Å². The minimum atomic E-state index is -3.93. The molecule has 0 heterocycles. The van der Waals surface area contributed by atoms with Crippen LogP contribution >= 0.6 is 0 Å². The van der Waals surface area contributed by atoms with E-state index in [4.69, 9.17) is 4.74 Å². The molecule has 0 radical (unpaired) electrons. The molecule has 9 heteroatoms. The lowest BCUT2D eigenvalue weighted by Crippen LogP contribution is -2.27. The molecule has 0 aliphatic heterocycles. The highest BCUT2D eigenvalue weighted by molar-refractivity contribution is 7.92. The van der Waals surface area contributed by atoms with Gasteiger partial charge in [0.05, 0.1) is 17.7 Å². The minimum absolute atomic E-state index is 0.0256. The van der Waals surface area contributed by atoms with Gasteiger partial charge in [-0.1, -0.05) is 45.0 Å². The summed E-state index contributed by atoms with van der Waals surface area (Å²) in [6, 6.07) is 19.1. The van der Waals surface area contributed by atoms with Gasteiger partial charge in [-0.25, -0.2) is 8.42 Å². The van der Waals surface area contributed by atoms with Gasteiger partial charge in [0.2, 0.25) is 5.91 Å². The molecule has 3 rings (SSSR count). The summed E-state index contributed by atoms with van der Waals surface area (Å²) in [4.78, 5) is 25.0. The number of hydrogen-bond acceptors (Lipinski definition) is 5. The first-order chi connectivity index (χ1) is 16.0. The van der Waals surface area contributed by atoms with Gasteiger partial charge >= 0.3 is 0 Å². The molecule has 3 aromatic carbocycles. The number of amides is 2. The molecule has 3 aromatic rings. The SMILES string of the molecule is COc1ccccc1NS(=O)(=O)c1cccc(NC(=O)c2cccc(NC(=O)C(C)(C)C)c2)c1. The van der Waals surface area contributed by atoms with Crippen LogP contribution in [0.25, 0.3) is 0 Å². The fraction of sp³-hybridized carbons (Fsp3) is 0.200. The maximum atomic E-state index is 12.9. The molecule has 0 aliphatic carbocycles. The number of nitrogens with one attached hydrogen (secondary N) is 3. The quantitative estimate of drug-likeness (QED) is 0.451. The third kappa shape index (κ3) is 6.14. The highest BCUT2D eigenvalue weighted by atomic mass is 32.2. The number of ether oxygens (including phenoxy) is 1. The van der Waals surface area contributed by atoms with Gasteiger partial charge < -0.3 is 15.4 Å². The Hall–Kier alpha value is -3.85. The number of methoxy groups -OCH3 is 1. The van der Waals surface area contributed by atoms with Crippen LogP contribution in [0.15, 0.2) is 77.7 Å². The van der Waals surface area contributed by atoms with E-state index >= 15 is 0 Å². The average molecular weight is 482 g/mol. The summed E-state index contributed by atoms with van der Waals surface area (Å²) in [6.45, 7) is 5.38. The van der Waals surface area contributed by atoms with Crippen molar-refractivity contribution in [3.8, 4) is 5.75 Å². The first kappa shape index (κ1) is 24.8. The molecule has 34 heavy (non-hydrogen) atoms. The lowest BCUT2D eigenvalue weighted by Gasteiger charge is -2.18. The number of carbonyl (C=O) groups is 2. The van der Waals surface area contributed by atoms with E-state index in [-0.39, 0.29) is 10.8 Å². The summed E-state index contributed by atoms with van der Waals surface area (Å²) >= 11 is 0. The highest BCUT2D eigenvalue weighted by Gasteiger charge is 2.21. The second-order valence-corrected chi connectivity index (χ2v) is 10.3. The Kier molecular flexibility index (Phi) is 7.26. The average Bonchev–Trinajstić information content (AvgIpc) is 2.79. The number of hydrogen-bond donors (Lipinski definition) is 3.